The highest BCUT2D eigenvalue weighted by Gasteiger charge is 2.10. The van der Waals surface area contributed by atoms with Gasteiger partial charge < -0.3 is 0 Å². The maximum absolute atomic E-state index is 12.9. The largest absolute Gasteiger partial charge is 0.299 e. The average molecular weight is 294 g/mol. The first kappa shape index (κ1) is 16.7. The summed E-state index contributed by atoms with van der Waals surface area (Å²) in [7, 11) is 2.11. The molecule has 0 aliphatic heterocycles. The molecule has 0 radical (unpaired) electrons. The van der Waals surface area contributed by atoms with Gasteiger partial charge in [0.1, 0.15) is 5.82 Å². The lowest BCUT2D eigenvalue weighted by atomic mass is 10.1. The van der Waals surface area contributed by atoms with E-state index in [1.54, 1.807) is 0 Å². The van der Waals surface area contributed by atoms with Crippen molar-refractivity contribution in [2.45, 2.75) is 25.9 Å². The molecule has 0 bridgehead atoms. The summed E-state index contributed by atoms with van der Waals surface area (Å²) in [5.74, 6) is -0.177. The number of hydrogen-bond acceptors (Lipinski definition) is 1. The molecule has 0 heterocycles. The summed E-state index contributed by atoms with van der Waals surface area (Å²) >= 11 is 0. The van der Waals surface area contributed by atoms with Gasteiger partial charge in [0.15, 0.2) is 0 Å². The Balaban J connectivity index is 0.00000200. The second-order valence-corrected chi connectivity index (χ2v) is 5.08. The summed E-state index contributed by atoms with van der Waals surface area (Å²) in [4.78, 5) is 2.29. The van der Waals surface area contributed by atoms with E-state index in [1.165, 1.54) is 17.7 Å². The number of hydrogen-bond donors (Lipinski definition) is 0. The van der Waals surface area contributed by atoms with Crippen molar-refractivity contribution in [3.63, 3.8) is 0 Å². The molecule has 1 nitrogen and oxygen atoms in total. The van der Waals surface area contributed by atoms with Gasteiger partial charge in [0.2, 0.25) is 0 Å². The Bertz CT molecular complexity index is 498. The Kier molecular flexibility index (Phi) is 6.69. The topological polar surface area (TPSA) is 3.24 Å². The van der Waals surface area contributed by atoms with Crippen molar-refractivity contribution >= 4 is 12.4 Å². The highest BCUT2D eigenvalue weighted by Crippen LogP contribution is 2.11. The normalized spacial score (nSPS) is 12.0. The lowest BCUT2D eigenvalue weighted by molar-refractivity contribution is 0.248. The fourth-order valence-corrected chi connectivity index (χ4v) is 2.14. The Morgan fingerprint density at radius 2 is 1.55 bits per heavy atom. The molecular weight excluding hydrogens is 273 g/mol. The standard InChI is InChI=1S/C17H20FN.ClH/c1-14(12-15-6-4-3-5-7-15)19(2)13-16-8-10-17(18)11-9-16;/h3-11,14H,12-13H2,1-2H3;1H. The van der Waals surface area contributed by atoms with E-state index in [-0.39, 0.29) is 18.2 Å². The van der Waals surface area contributed by atoms with Gasteiger partial charge in [0.25, 0.3) is 0 Å². The van der Waals surface area contributed by atoms with Crippen LogP contribution in [0.25, 0.3) is 0 Å². The Morgan fingerprint density at radius 3 is 2.15 bits per heavy atom. The number of nitrogens with zero attached hydrogens (tertiary/aromatic N) is 1. The van der Waals surface area contributed by atoms with Crippen LogP contribution in [0.5, 0.6) is 0 Å². The molecule has 1 unspecified atom stereocenters. The van der Waals surface area contributed by atoms with Crippen LogP contribution in [0.2, 0.25) is 0 Å². The molecule has 108 valence electrons. The molecule has 0 aromatic heterocycles. The van der Waals surface area contributed by atoms with Crippen LogP contribution >= 0.6 is 12.4 Å². The predicted octanol–water partition coefficient (Wildman–Crippen LogP) is 4.31. The summed E-state index contributed by atoms with van der Waals surface area (Å²) in [5.41, 5.74) is 2.49. The van der Waals surface area contributed by atoms with Gasteiger partial charge >= 0.3 is 0 Å². The van der Waals surface area contributed by atoms with Crippen molar-refractivity contribution in [2.24, 2.45) is 0 Å². The molecule has 0 saturated heterocycles. The van der Waals surface area contributed by atoms with Gasteiger partial charge in [-0.1, -0.05) is 42.5 Å². The van der Waals surface area contributed by atoms with Crippen LogP contribution in [0.3, 0.4) is 0 Å². The fourth-order valence-electron chi connectivity index (χ4n) is 2.14. The number of benzene rings is 2. The Labute approximate surface area is 126 Å². The molecule has 0 aliphatic rings. The van der Waals surface area contributed by atoms with Crippen LogP contribution in [-0.2, 0) is 13.0 Å². The van der Waals surface area contributed by atoms with Crippen LogP contribution in [0.4, 0.5) is 4.39 Å². The number of rotatable bonds is 5. The summed E-state index contributed by atoms with van der Waals surface area (Å²) in [5, 5.41) is 0. The van der Waals surface area contributed by atoms with Crippen molar-refractivity contribution in [3.05, 3.63) is 71.5 Å². The van der Waals surface area contributed by atoms with E-state index in [4.69, 9.17) is 0 Å². The minimum Gasteiger partial charge on any atom is -0.299 e. The molecule has 20 heavy (non-hydrogen) atoms. The van der Waals surface area contributed by atoms with E-state index in [0.29, 0.717) is 6.04 Å². The minimum atomic E-state index is -0.177. The van der Waals surface area contributed by atoms with Crippen molar-refractivity contribution in [1.29, 1.82) is 0 Å². The van der Waals surface area contributed by atoms with Crippen LogP contribution in [-0.4, -0.2) is 18.0 Å². The zero-order valence-corrected chi connectivity index (χ0v) is 12.7. The van der Waals surface area contributed by atoms with Crippen LogP contribution < -0.4 is 0 Å². The van der Waals surface area contributed by atoms with Crippen LogP contribution in [0.15, 0.2) is 54.6 Å². The van der Waals surface area contributed by atoms with Gasteiger partial charge in [-0.3, -0.25) is 4.90 Å². The molecule has 2 rings (SSSR count). The van der Waals surface area contributed by atoms with Crippen LogP contribution in [0, 0.1) is 5.82 Å². The molecule has 1 atom stereocenters. The van der Waals surface area contributed by atoms with E-state index in [9.17, 15) is 4.39 Å². The average Bonchev–Trinajstić information content (AvgIpc) is 2.42. The Morgan fingerprint density at radius 1 is 0.950 bits per heavy atom. The first-order chi connectivity index (χ1) is 9.15. The first-order valence-corrected chi connectivity index (χ1v) is 6.64. The van der Waals surface area contributed by atoms with E-state index in [1.807, 2.05) is 18.2 Å². The molecule has 0 aliphatic carbocycles. The second kappa shape index (κ2) is 8.03. The summed E-state index contributed by atoms with van der Waals surface area (Å²) in [6, 6.07) is 17.7. The molecule has 0 amide bonds. The molecule has 2 aromatic rings. The lowest BCUT2D eigenvalue weighted by Crippen LogP contribution is -2.30. The molecule has 0 N–H and O–H groups in total. The smallest absolute Gasteiger partial charge is 0.123 e. The molecular formula is C17H21ClFN. The first-order valence-electron chi connectivity index (χ1n) is 6.64. The Hall–Kier alpha value is -1.38. The molecule has 2 aromatic carbocycles. The summed E-state index contributed by atoms with van der Waals surface area (Å²) in [6.07, 6.45) is 1.03. The fraction of sp³-hybridized carbons (Fsp3) is 0.294. The van der Waals surface area contributed by atoms with Gasteiger partial charge in [-0.25, -0.2) is 4.39 Å². The summed E-state index contributed by atoms with van der Waals surface area (Å²) < 4.78 is 12.9. The maximum Gasteiger partial charge on any atom is 0.123 e. The van der Waals surface area contributed by atoms with Gasteiger partial charge in [-0.2, -0.15) is 0 Å². The zero-order valence-electron chi connectivity index (χ0n) is 11.9. The van der Waals surface area contributed by atoms with E-state index < -0.39 is 0 Å². The van der Waals surface area contributed by atoms with E-state index in [0.717, 1.165) is 18.5 Å². The quantitative estimate of drug-likeness (QED) is 0.794. The molecule has 3 heteroatoms. The van der Waals surface area contributed by atoms with Gasteiger partial charge in [0, 0.05) is 12.6 Å². The zero-order chi connectivity index (χ0) is 13.7. The van der Waals surface area contributed by atoms with Gasteiger partial charge in [0.05, 0.1) is 0 Å². The number of likely N-dealkylation sites (N-methyl/N-ethyl adjacent to an activating group) is 1. The highest BCUT2D eigenvalue weighted by molar-refractivity contribution is 5.85. The highest BCUT2D eigenvalue weighted by atomic mass is 35.5. The van der Waals surface area contributed by atoms with Crippen molar-refractivity contribution in [1.82, 2.24) is 4.90 Å². The third kappa shape index (κ3) is 4.95. The molecule has 0 saturated carbocycles. The van der Waals surface area contributed by atoms with E-state index >= 15 is 0 Å². The molecule has 0 fully saturated rings. The monoisotopic (exact) mass is 293 g/mol. The van der Waals surface area contributed by atoms with Crippen molar-refractivity contribution < 1.29 is 4.39 Å². The van der Waals surface area contributed by atoms with Crippen molar-refractivity contribution in [2.75, 3.05) is 7.05 Å². The third-order valence-electron chi connectivity index (χ3n) is 3.47. The summed E-state index contributed by atoms with van der Waals surface area (Å²) in [6.45, 7) is 3.06. The maximum atomic E-state index is 12.9. The third-order valence-corrected chi connectivity index (χ3v) is 3.47. The predicted molar refractivity (Wildman–Crippen MR) is 84.7 cm³/mol. The minimum absolute atomic E-state index is 0. The lowest BCUT2D eigenvalue weighted by Gasteiger charge is -2.25. The van der Waals surface area contributed by atoms with Crippen molar-refractivity contribution in [3.8, 4) is 0 Å². The van der Waals surface area contributed by atoms with Gasteiger partial charge in [-0.05, 0) is 43.7 Å². The van der Waals surface area contributed by atoms with Crippen LogP contribution in [0.1, 0.15) is 18.1 Å². The number of halogens is 2. The second-order valence-electron chi connectivity index (χ2n) is 5.08. The van der Waals surface area contributed by atoms with Gasteiger partial charge in [-0.15, -0.1) is 12.4 Å². The SMILES string of the molecule is CC(Cc1ccccc1)N(C)Cc1ccc(F)cc1.Cl. The molecule has 0 spiro atoms. The van der Waals surface area contributed by atoms with E-state index in [2.05, 4.69) is 43.1 Å².